The molecule has 254 valence electrons. The molecule has 0 spiro atoms. The van der Waals surface area contributed by atoms with E-state index in [0.29, 0.717) is 24.2 Å². The SMILES string of the molecule is C[C@H](C=O)CC[C@H](N)CC[C@H]1C=C[C@@H]2Cc3cc4ccc(CC=O)cc4cc3[C@H]1[C@H]2C[C@@H]([N-]c1ccc[nH]1)/C(=C/C(=O)O)CN=C(N)N. The summed E-state index contributed by atoms with van der Waals surface area (Å²) in [5.41, 5.74) is 22.0. The molecule has 2 bridgehead atoms. The lowest BCUT2D eigenvalue weighted by molar-refractivity contribution is -0.131. The van der Waals surface area contributed by atoms with E-state index in [1.165, 1.54) is 17.2 Å². The van der Waals surface area contributed by atoms with E-state index >= 15 is 0 Å². The number of carboxylic acids is 1. The van der Waals surface area contributed by atoms with Crippen molar-refractivity contribution in [1.82, 2.24) is 4.98 Å². The zero-order chi connectivity index (χ0) is 34.2. The average molecular weight is 652 g/mol. The third-order valence-electron chi connectivity index (χ3n) is 10.0. The van der Waals surface area contributed by atoms with E-state index in [1.807, 2.05) is 25.1 Å². The summed E-state index contributed by atoms with van der Waals surface area (Å²) >= 11 is 0. The number of H-pyrrole nitrogens is 1. The third kappa shape index (κ3) is 8.60. The Morgan fingerprint density at radius 1 is 1.10 bits per heavy atom. The van der Waals surface area contributed by atoms with E-state index in [4.69, 9.17) is 22.5 Å². The van der Waals surface area contributed by atoms with Gasteiger partial charge in [-0.1, -0.05) is 73.6 Å². The number of carbonyl (C=O) groups is 3. The van der Waals surface area contributed by atoms with Gasteiger partial charge in [0.15, 0.2) is 5.96 Å². The number of allylic oxidation sites excluding steroid dienone is 2. The number of nitrogens with one attached hydrogen (secondary N) is 1. The summed E-state index contributed by atoms with van der Waals surface area (Å²) in [6.07, 6.45) is 14.7. The molecule has 5 rings (SSSR count). The Morgan fingerprint density at radius 2 is 1.94 bits per heavy atom. The molecule has 0 radical (unpaired) electrons. The number of aldehydes is 2. The number of aromatic nitrogens is 1. The van der Waals surface area contributed by atoms with Crippen LogP contribution in [0, 0.1) is 23.7 Å². The molecular formula is C38H47N6O4-. The molecule has 8 N–H and O–H groups in total. The summed E-state index contributed by atoms with van der Waals surface area (Å²) < 4.78 is 0. The minimum Gasteiger partial charge on any atom is -0.478 e. The van der Waals surface area contributed by atoms with Gasteiger partial charge in [0.1, 0.15) is 12.6 Å². The molecule has 10 nitrogen and oxygen atoms in total. The van der Waals surface area contributed by atoms with Gasteiger partial charge in [0.2, 0.25) is 0 Å². The van der Waals surface area contributed by atoms with Gasteiger partial charge in [0.25, 0.3) is 0 Å². The van der Waals surface area contributed by atoms with Gasteiger partial charge in [-0.05, 0) is 101 Å². The lowest BCUT2D eigenvalue weighted by Crippen LogP contribution is -2.38. The molecule has 2 aromatic carbocycles. The second-order valence-corrected chi connectivity index (χ2v) is 13.5. The third-order valence-corrected chi connectivity index (χ3v) is 10.0. The van der Waals surface area contributed by atoms with Crippen LogP contribution in [-0.4, -0.2) is 53.2 Å². The van der Waals surface area contributed by atoms with Crippen molar-refractivity contribution in [2.75, 3.05) is 6.54 Å². The first-order chi connectivity index (χ1) is 23.1. The zero-order valence-electron chi connectivity index (χ0n) is 27.5. The van der Waals surface area contributed by atoms with E-state index in [2.05, 4.69) is 46.4 Å². The second-order valence-electron chi connectivity index (χ2n) is 13.5. The highest BCUT2D eigenvalue weighted by Gasteiger charge is 2.42. The maximum atomic E-state index is 12.0. The van der Waals surface area contributed by atoms with Crippen LogP contribution in [0.15, 0.2) is 77.5 Å². The summed E-state index contributed by atoms with van der Waals surface area (Å²) in [5.74, 6) is 0.161. The van der Waals surface area contributed by atoms with Crippen LogP contribution in [0.5, 0.6) is 0 Å². The Labute approximate surface area is 281 Å². The number of carbonyl (C=O) groups excluding carboxylic acids is 2. The molecule has 1 aromatic heterocycles. The highest BCUT2D eigenvalue weighted by molar-refractivity contribution is 5.86. The normalized spacial score (nSPS) is 21.9. The minimum atomic E-state index is -1.08. The van der Waals surface area contributed by atoms with Crippen molar-refractivity contribution in [3.05, 3.63) is 94.5 Å². The van der Waals surface area contributed by atoms with Gasteiger partial charge in [0.05, 0.1) is 6.54 Å². The van der Waals surface area contributed by atoms with Crippen LogP contribution in [0.4, 0.5) is 5.82 Å². The number of nitrogens with two attached hydrogens (primary N) is 3. The molecule has 0 amide bonds. The minimum absolute atomic E-state index is 0.00858. The summed E-state index contributed by atoms with van der Waals surface area (Å²) in [5, 5.41) is 17.1. The summed E-state index contributed by atoms with van der Waals surface area (Å²) in [7, 11) is 0. The molecule has 7 atom stereocenters. The van der Waals surface area contributed by atoms with Crippen LogP contribution in [0.25, 0.3) is 16.1 Å². The number of aliphatic carboxylic acids is 1. The van der Waals surface area contributed by atoms with Crippen molar-refractivity contribution in [1.29, 1.82) is 0 Å². The zero-order valence-corrected chi connectivity index (χ0v) is 27.5. The van der Waals surface area contributed by atoms with Crippen molar-refractivity contribution >= 4 is 41.1 Å². The molecule has 10 heteroatoms. The Kier molecular flexibility index (Phi) is 11.5. The lowest BCUT2D eigenvalue weighted by Gasteiger charge is -2.47. The van der Waals surface area contributed by atoms with Crippen molar-refractivity contribution in [3.8, 4) is 0 Å². The standard InChI is InChI=1S/C38H47N6O4/c1-23(22-46)4-10-31(39)11-9-25-7-8-27-17-29-16-26-6-5-24(12-14-45)15-28(26)18-32(29)37(25)33(27)20-34(44-35-3-2-13-42-35)30(19-36(47)48)21-43-38(40)41/h2-3,5-8,13-16,18-19,22-23,25,27,31,33-34,37,42H,4,9-12,17,20-21,39H2,1H3,(H,47,48)(H4,40,41,43)/q-1/b30-19+/t23-,25+,27+,31-,33-,34+,37-/m0/s1. The van der Waals surface area contributed by atoms with Gasteiger partial charge < -0.3 is 42.2 Å². The number of benzene rings is 2. The molecule has 0 aliphatic heterocycles. The quantitative estimate of drug-likeness (QED) is 0.0422. The van der Waals surface area contributed by atoms with Crippen molar-refractivity contribution in [2.45, 2.75) is 69.9 Å². The molecule has 2 aliphatic rings. The first-order valence-electron chi connectivity index (χ1n) is 16.9. The van der Waals surface area contributed by atoms with E-state index in [0.717, 1.165) is 61.0 Å². The van der Waals surface area contributed by atoms with Gasteiger partial charge in [-0.2, -0.15) is 0 Å². The van der Waals surface area contributed by atoms with Crippen molar-refractivity contribution in [2.24, 2.45) is 45.9 Å². The fourth-order valence-corrected chi connectivity index (χ4v) is 7.58. The highest BCUT2D eigenvalue weighted by atomic mass is 16.4. The Hall–Kier alpha value is -4.70. The molecule has 0 fully saturated rings. The first kappa shape index (κ1) is 34.6. The maximum Gasteiger partial charge on any atom is 0.328 e. The number of carboxylic acid groups (broad SMARTS) is 1. The average Bonchev–Trinajstić information content (AvgIpc) is 3.57. The maximum absolute atomic E-state index is 12.0. The van der Waals surface area contributed by atoms with Crippen LogP contribution >= 0.6 is 0 Å². The number of aromatic amines is 1. The topological polar surface area (TPSA) is 192 Å². The van der Waals surface area contributed by atoms with Crippen molar-refractivity contribution in [3.63, 3.8) is 0 Å². The predicted molar refractivity (Wildman–Crippen MR) is 190 cm³/mol. The summed E-state index contributed by atoms with van der Waals surface area (Å²) in [4.78, 5) is 41.8. The van der Waals surface area contributed by atoms with Crippen LogP contribution in [-0.2, 0) is 27.2 Å². The first-order valence-corrected chi connectivity index (χ1v) is 16.9. The monoisotopic (exact) mass is 651 g/mol. The van der Waals surface area contributed by atoms with E-state index in [-0.39, 0.29) is 48.1 Å². The number of rotatable bonds is 17. The van der Waals surface area contributed by atoms with Gasteiger partial charge in [-0.25, -0.2) is 9.79 Å². The largest absolute Gasteiger partial charge is 0.478 e. The van der Waals surface area contributed by atoms with Crippen LogP contribution < -0.4 is 17.2 Å². The molecule has 48 heavy (non-hydrogen) atoms. The number of guanidine groups is 1. The number of hydrogen-bond donors (Lipinski definition) is 5. The highest BCUT2D eigenvalue weighted by Crippen LogP contribution is 2.53. The summed E-state index contributed by atoms with van der Waals surface area (Å²) in [6.45, 7) is 1.95. The van der Waals surface area contributed by atoms with Crippen molar-refractivity contribution < 1.29 is 19.5 Å². The summed E-state index contributed by atoms with van der Waals surface area (Å²) in [6, 6.07) is 14.0. The molecule has 2 aliphatic carbocycles. The predicted octanol–water partition coefficient (Wildman–Crippen LogP) is 5.44. The Balaban J connectivity index is 1.53. The van der Waals surface area contributed by atoms with E-state index in [1.54, 1.807) is 6.20 Å². The molecule has 0 unspecified atom stereocenters. The molecule has 1 heterocycles. The molecule has 0 saturated carbocycles. The van der Waals surface area contributed by atoms with Crippen LogP contribution in [0.1, 0.15) is 61.6 Å². The molecular weight excluding hydrogens is 604 g/mol. The van der Waals surface area contributed by atoms with Crippen LogP contribution in [0.2, 0.25) is 0 Å². The number of hydrogen-bond acceptors (Lipinski definition) is 5. The van der Waals surface area contributed by atoms with Gasteiger partial charge >= 0.3 is 5.97 Å². The number of fused-ring (bicyclic) bond motifs is 5. The van der Waals surface area contributed by atoms with E-state index in [9.17, 15) is 19.5 Å². The van der Waals surface area contributed by atoms with E-state index < -0.39 is 12.0 Å². The fourth-order valence-electron chi connectivity index (χ4n) is 7.58. The molecule has 0 saturated heterocycles. The lowest BCUT2D eigenvalue weighted by atomic mass is 9.58. The van der Waals surface area contributed by atoms with Gasteiger partial charge in [-0.15, -0.1) is 0 Å². The Morgan fingerprint density at radius 3 is 2.65 bits per heavy atom. The fraction of sp³-hybridized carbons (Fsp3) is 0.421. The van der Waals surface area contributed by atoms with Gasteiger partial charge in [0, 0.05) is 24.5 Å². The Bertz CT molecular complexity index is 1680. The second kappa shape index (κ2) is 15.9. The van der Waals surface area contributed by atoms with Crippen LogP contribution in [0.3, 0.4) is 0 Å². The number of aliphatic imine (C=N–C) groups is 1. The smallest absolute Gasteiger partial charge is 0.328 e. The number of nitrogens with zero attached hydrogens (tertiary/aromatic N) is 2. The molecule has 3 aromatic rings. The van der Waals surface area contributed by atoms with Gasteiger partial charge in [-0.3, -0.25) is 0 Å².